The number of hydrogen-bond acceptors (Lipinski definition) is 2. The zero-order valence-electron chi connectivity index (χ0n) is 29.9. The topological polar surface area (TPSA) is 18.5 Å². The van der Waals surface area contributed by atoms with E-state index >= 15 is 0 Å². The van der Waals surface area contributed by atoms with Crippen molar-refractivity contribution in [2.24, 2.45) is 0 Å². The van der Waals surface area contributed by atoms with Gasteiger partial charge in [-0.2, -0.15) is 0 Å². The van der Waals surface area contributed by atoms with Crippen molar-refractivity contribution >= 4 is 56.3 Å². The second kappa shape index (κ2) is 12.9. The molecule has 250 valence electrons. The lowest BCUT2D eigenvalue weighted by molar-refractivity contribution is 0.415. The molecule has 1 aliphatic heterocycles. The molecule has 0 saturated heterocycles. The van der Waals surface area contributed by atoms with E-state index in [2.05, 4.69) is 185 Å². The molecule has 0 aliphatic carbocycles. The first kappa shape index (κ1) is 32.6. The third-order valence-electron chi connectivity index (χ3n) is 10.6. The Morgan fingerprint density at radius 2 is 0.765 bits per heavy atom. The SMILES string of the molecule is COc1ccc2cc(C3=C(c4ccccc4)C(c4ccccc4)=C(c4ccc5cc(OC)ccc5c4)[Si]3(c3ccccc3)C(C)(C)C)ccc2c1. The standard InChI is InChI=1S/C48H42O2Si/c1-48(2,3)51(43-19-13-8-14-20-43)46(39-23-21-37-31-41(49-4)27-25-35(37)29-39)44(33-15-9-6-10-16-33)45(34-17-11-7-12-18-34)47(51)40-24-22-38-32-42(50-5)28-26-36(38)30-40/h6-32H,1-5H3. The molecule has 0 unspecified atom stereocenters. The van der Waals surface area contributed by atoms with Gasteiger partial charge in [-0.15, -0.1) is 0 Å². The Labute approximate surface area is 302 Å². The summed E-state index contributed by atoms with van der Waals surface area (Å²) in [5, 5.41) is 8.91. The summed E-state index contributed by atoms with van der Waals surface area (Å²) in [7, 11) is 0.521. The van der Waals surface area contributed by atoms with E-state index in [1.54, 1.807) is 14.2 Å². The minimum absolute atomic E-state index is 0.140. The number of rotatable bonds is 7. The Morgan fingerprint density at radius 1 is 0.392 bits per heavy atom. The van der Waals surface area contributed by atoms with Crippen molar-refractivity contribution in [3.8, 4) is 11.5 Å². The van der Waals surface area contributed by atoms with Crippen LogP contribution in [0.5, 0.6) is 11.5 Å². The maximum absolute atomic E-state index is 5.62. The minimum Gasteiger partial charge on any atom is -0.497 e. The normalized spacial score (nSPS) is 14.4. The molecule has 1 heterocycles. The van der Waals surface area contributed by atoms with Gasteiger partial charge in [-0.1, -0.05) is 148 Å². The molecule has 1 aliphatic rings. The van der Waals surface area contributed by atoms with E-state index < -0.39 is 8.07 Å². The van der Waals surface area contributed by atoms with E-state index in [-0.39, 0.29) is 5.04 Å². The first-order valence-electron chi connectivity index (χ1n) is 17.7. The monoisotopic (exact) mass is 678 g/mol. The van der Waals surface area contributed by atoms with Gasteiger partial charge in [0.2, 0.25) is 0 Å². The Hall–Kier alpha value is -5.64. The van der Waals surface area contributed by atoms with E-state index in [1.807, 2.05) is 0 Å². The Bertz CT molecular complexity index is 2310. The molecule has 7 aromatic carbocycles. The number of benzene rings is 7. The van der Waals surface area contributed by atoms with E-state index in [0.717, 1.165) is 11.5 Å². The van der Waals surface area contributed by atoms with Crippen LogP contribution in [-0.4, -0.2) is 22.3 Å². The fourth-order valence-corrected chi connectivity index (χ4v) is 14.8. The molecule has 0 bridgehead atoms. The van der Waals surface area contributed by atoms with Gasteiger partial charge in [0.25, 0.3) is 0 Å². The molecule has 7 aromatic rings. The molecular weight excluding hydrogens is 637 g/mol. The van der Waals surface area contributed by atoms with E-state index in [0.29, 0.717) is 0 Å². The van der Waals surface area contributed by atoms with Crippen molar-refractivity contribution in [3.05, 3.63) is 186 Å². The molecule has 0 N–H and O–H groups in total. The Kier molecular flexibility index (Phi) is 8.24. The lowest BCUT2D eigenvalue weighted by Gasteiger charge is -2.45. The number of allylic oxidation sites excluding steroid dienone is 2. The lowest BCUT2D eigenvalue weighted by atomic mass is 9.89. The van der Waals surface area contributed by atoms with E-state index in [9.17, 15) is 0 Å². The highest BCUT2D eigenvalue weighted by atomic mass is 28.3. The van der Waals surface area contributed by atoms with Gasteiger partial charge in [0.15, 0.2) is 8.07 Å². The van der Waals surface area contributed by atoms with Crippen LogP contribution < -0.4 is 14.7 Å². The lowest BCUT2D eigenvalue weighted by Crippen LogP contribution is -2.56. The number of ether oxygens (including phenoxy) is 2. The van der Waals surface area contributed by atoms with Crippen LogP contribution >= 0.6 is 0 Å². The highest BCUT2D eigenvalue weighted by Gasteiger charge is 2.58. The van der Waals surface area contributed by atoms with Crippen molar-refractivity contribution in [2.75, 3.05) is 14.2 Å². The van der Waals surface area contributed by atoms with Crippen molar-refractivity contribution in [3.63, 3.8) is 0 Å². The van der Waals surface area contributed by atoms with Gasteiger partial charge in [-0.3, -0.25) is 0 Å². The maximum Gasteiger partial charge on any atom is 0.156 e. The maximum atomic E-state index is 5.62. The van der Waals surface area contributed by atoms with Gasteiger partial charge in [0.05, 0.1) is 14.2 Å². The fraction of sp³-hybridized carbons (Fsp3) is 0.125. The molecule has 3 heteroatoms. The van der Waals surface area contributed by atoms with Gasteiger partial charge in [-0.05, 0) is 112 Å². The molecule has 2 nitrogen and oxygen atoms in total. The van der Waals surface area contributed by atoms with Crippen LogP contribution in [0.3, 0.4) is 0 Å². The number of methoxy groups -OCH3 is 2. The molecule has 0 amide bonds. The predicted octanol–water partition coefficient (Wildman–Crippen LogP) is 11.8. The van der Waals surface area contributed by atoms with Crippen LogP contribution in [0.4, 0.5) is 0 Å². The van der Waals surface area contributed by atoms with Crippen molar-refractivity contribution in [2.45, 2.75) is 25.8 Å². The highest BCUT2D eigenvalue weighted by Crippen LogP contribution is 2.62. The molecule has 0 saturated carbocycles. The molecule has 0 aromatic heterocycles. The summed E-state index contributed by atoms with van der Waals surface area (Å²) in [4.78, 5) is 0. The third kappa shape index (κ3) is 5.40. The van der Waals surface area contributed by atoms with Crippen molar-refractivity contribution in [1.29, 1.82) is 0 Å². The van der Waals surface area contributed by atoms with Gasteiger partial charge >= 0.3 is 0 Å². The van der Waals surface area contributed by atoms with Crippen LogP contribution in [0.2, 0.25) is 5.04 Å². The molecular formula is C48H42O2Si. The summed E-state index contributed by atoms with van der Waals surface area (Å²) in [6.45, 7) is 7.42. The fourth-order valence-electron chi connectivity index (χ4n) is 8.43. The second-order valence-corrected chi connectivity index (χ2v) is 19.0. The average molecular weight is 679 g/mol. The van der Waals surface area contributed by atoms with Gasteiger partial charge in [-0.25, -0.2) is 0 Å². The van der Waals surface area contributed by atoms with Crippen LogP contribution in [-0.2, 0) is 0 Å². The average Bonchev–Trinajstić information content (AvgIpc) is 3.51. The molecule has 51 heavy (non-hydrogen) atoms. The van der Waals surface area contributed by atoms with Crippen molar-refractivity contribution in [1.82, 2.24) is 0 Å². The molecule has 0 fully saturated rings. The summed E-state index contributed by atoms with van der Waals surface area (Å²) in [6.07, 6.45) is 0. The molecule has 8 rings (SSSR count). The van der Waals surface area contributed by atoms with Gasteiger partial charge < -0.3 is 9.47 Å². The molecule has 0 atom stereocenters. The molecule has 0 radical (unpaired) electrons. The second-order valence-electron chi connectivity index (χ2n) is 14.5. The van der Waals surface area contributed by atoms with Crippen molar-refractivity contribution < 1.29 is 9.47 Å². The summed E-state index contributed by atoms with van der Waals surface area (Å²) in [6, 6.07) is 60.5. The predicted molar refractivity (Wildman–Crippen MR) is 219 cm³/mol. The highest BCUT2D eigenvalue weighted by molar-refractivity contribution is 7.23. The van der Waals surface area contributed by atoms with E-state index in [1.165, 1.54) is 70.5 Å². The number of hydrogen-bond donors (Lipinski definition) is 0. The largest absolute Gasteiger partial charge is 0.497 e. The summed E-state index contributed by atoms with van der Waals surface area (Å²) in [5.74, 6) is 1.74. The first-order valence-corrected chi connectivity index (χ1v) is 19.7. The van der Waals surface area contributed by atoms with Crippen LogP contribution in [0.1, 0.15) is 43.0 Å². The quantitative estimate of drug-likeness (QED) is 0.156. The Morgan fingerprint density at radius 3 is 1.16 bits per heavy atom. The summed E-state index contributed by atoms with van der Waals surface area (Å²) < 4.78 is 11.2. The Balaban J connectivity index is 1.58. The third-order valence-corrected chi connectivity index (χ3v) is 16.7. The minimum atomic E-state index is -2.94. The van der Waals surface area contributed by atoms with Crippen LogP contribution in [0.15, 0.2) is 164 Å². The first-order chi connectivity index (χ1) is 24.8. The van der Waals surface area contributed by atoms with Crippen LogP contribution in [0, 0.1) is 0 Å². The van der Waals surface area contributed by atoms with Crippen LogP contribution in [0.25, 0.3) is 43.1 Å². The zero-order valence-corrected chi connectivity index (χ0v) is 30.9. The summed E-state index contributed by atoms with van der Waals surface area (Å²) >= 11 is 0. The van der Waals surface area contributed by atoms with E-state index in [4.69, 9.17) is 9.47 Å². The summed E-state index contributed by atoms with van der Waals surface area (Å²) in [5.41, 5.74) is 7.66. The molecule has 0 spiro atoms. The zero-order chi connectivity index (χ0) is 35.2. The van der Waals surface area contributed by atoms with Gasteiger partial charge in [0.1, 0.15) is 11.5 Å². The van der Waals surface area contributed by atoms with Gasteiger partial charge in [0, 0.05) is 0 Å². The number of fused-ring (bicyclic) bond motifs is 2. The smallest absolute Gasteiger partial charge is 0.156 e.